The standard InChI is InChI=1S/C16H18N2O3/c1-10-8-12(10)15-4-2-11(21-15)3-5-16(20)18-13-9-17-7-6-14(13)19/h2,4,6-7,9-10,12H,3,5,8H2,1H3,(H,17,19)(H,18,20)/t10-,12+/m1/s1. The summed E-state index contributed by atoms with van der Waals surface area (Å²) in [5.41, 5.74) is 0.0690. The van der Waals surface area contributed by atoms with Gasteiger partial charge in [-0.25, -0.2) is 0 Å². The van der Waals surface area contributed by atoms with Crippen LogP contribution in [0.5, 0.6) is 0 Å². The lowest BCUT2D eigenvalue weighted by Gasteiger charge is -2.03. The third kappa shape index (κ3) is 3.24. The van der Waals surface area contributed by atoms with Crippen molar-refractivity contribution in [2.24, 2.45) is 5.92 Å². The van der Waals surface area contributed by atoms with Crippen molar-refractivity contribution in [3.63, 3.8) is 0 Å². The Balaban J connectivity index is 1.53. The molecule has 5 heteroatoms. The number of aryl methyl sites for hydroxylation is 1. The molecule has 1 saturated carbocycles. The molecule has 1 amide bonds. The van der Waals surface area contributed by atoms with Crippen LogP contribution in [0.15, 0.2) is 39.8 Å². The summed E-state index contributed by atoms with van der Waals surface area (Å²) in [7, 11) is 0. The van der Waals surface area contributed by atoms with Gasteiger partial charge in [0.15, 0.2) is 0 Å². The molecule has 0 spiro atoms. The van der Waals surface area contributed by atoms with Crippen molar-refractivity contribution in [1.82, 2.24) is 4.98 Å². The number of nitrogens with one attached hydrogen (secondary N) is 2. The van der Waals surface area contributed by atoms with E-state index in [1.54, 1.807) is 0 Å². The van der Waals surface area contributed by atoms with Gasteiger partial charge in [0.2, 0.25) is 11.3 Å². The lowest BCUT2D eigenvalue weighted by molar-refractivity contribution is -0.116. The van der Waals surface area contributed by atoms with Crippen LogP contribution in [0.3, 0.4) is 0 Å². The normalized spacial score (nSPS) is 20.2. The highest BCUT2D eigenvalue weighted by molar-refractivity contribution is 5.90. The number of aromatic nitrogens is 1. The van der Waals surface area contributed by atoms with Crippen LogP contribution in [0.1, 0.15) is 37.2 Å². The van der Waals surface area contributed by atoms with E-state index < -0.39 is 0 Å². The van der Waals surface area contributed by atoms with Gasteiger partial charge in [0.05, 0.1) is 0 Å². The molecule has 0 radical (unpaired) electrons. The molecule has 2 heterocycles. The minimum atomic E-state index is -0.204. The van der Waals surface area contributed by atoms with Gasteiger partial charge in [-0.3, -0.25) is 9.59 Å². The fraction of sp³-hybridized carbons (Fsp3) is 0.375. The monoisotopic (exact) mass is 286 g/mol. The molecule has 2 N–H and O–H groups in total. The lowest BCUT2D eigenvalue weighted by Crippen LogP contribution is -2.18. The summed E-state index contributed by atoms with van der Waals surface area (Å²) >= 11 is 0. The average Bonchev–Trinajstić information content (AvgIpc) is 3.01. The quantitative estimate of drug-likeness (QED) is 0.887. The Bertz CT molecular complexity index is 701. The van der Waals surface area contributed by atoms with Gasteiger partial charge in [-0.2, -0.15) is 0 Å². The largest absolute Gasteiger partial charge is 0.466 e. The van der Waals surface area contributed by atoms with Crippen LogP contribution in [0.2, 0.25) is 0 Å². The van der Waals surface area contributed by atoms with Crippen LogP contribution in [0.25, 0.3) is 0 Å². The van der Waals surface area contributed by atoms with E-state index in [0.717, 1.165) is 11.5 Å². The average molecular weight is 286 g/mol. The summed E-state index contributed by atoms with van der Waals surface area (Å²) in [6.07, 6.45) is 5.03. The number of pyridine rings is 1. The number of aromatic amines is 1. The van der Waals surface area contributed by atoms with E-state index >= 15 is 0 Å². The summed E-state index contributed by atoms with van der Waals surface area (Å²) in [6, 6.07) is 5.32. The number of anilines is 1. The molecule has 21 heavy (non-hydrogen) atoms. The van der Waals surface area contributed by atoms with Gasteiger partial charge in [0.25, 0.3) is 0 Å². The van der Waals surface area contributed by atoms with Gasteiger partial charge < -0.3 is 14.7 Å². The van der Waals surface area contributed by atoms with Crippen molar-refractivity contribution in [2.75, 3.05) is 5.32 Å². The first kappa shape index (κ1) is 13.7. The fourth-order valence-corrected chi connectivity index (χ4v) is 2.41. The molecule has 3 rings (SSSR count). The van der Waals surface area contributed by atoms with E-state index in [0.29, 0.717) is 24.7 Å². The van der Waals surface area contributed by atoms with Gasteiger partial charge in [0, 0.05) is 37.2 Å². The van der Waals surface area contributed by atoms with Crippen LogP contribution in [0.4, 0.5) is 5.69 Å². The molecule has 2 aromatic heterocycles. The summed E-state index contributed by atoms with van der Waals surface area (Å²) in [5.74, 6) is 2.91. The molecule has 0 aliphatic heterocycles. The third-order valence-electron chi connectivity index (χ3n) is 3.85. The lowest BCUT2D eigenvalue weighted by atomic mass is 10.2. The van der Waals surface area contributed by atoms with Crippen LogP contribution in [0, 0.1) is 5.92 Å². The Morgan fingerprint density at radius 1 is 1.43 bits per heavy atom. The number of rotatable bonds is 5. The SMILES string of the molecule is C[C@@H]1C[C@@H]1c1ccc(CCC(=O)Nc2c[nH]ccc2=O)o1. The van der Waals surface area contributed by atoms with Gasteiger partial charge in [-0.05, 0) is 24.5 Å². The van der Waals surface area contributed by atoms with Gasteiger partial charge in [0.1, 0.15) is 17.2 Å². The number of hydrogen-bond donors (Lipinski definition) is 2. The third-order valence-corrected chi connectivity index (χ3v) is 3.85. The number of H-pyrrole nitrogens is 1. The predicted molar refractivity (Wildman–Crippen MR) is 79.2 cm³/mol. The van der Waals surface area contributed by atoms with Crippen molar-refractivity contribution in [3.05, 3.63) is 52.3 Å². The van der Waals surface area contributed by atoms with Crippen LogP contribution < -0.4 is 10.7 Å². The molecule has 0 aromatic carbocycles. The molecule has 0 unspecified atom stereocenters. The van der Waals surface area contributed by atoms with E-state index in [9.17, 15) is 9.59 Å². The molecule has 2 aromatic rings. The number of amides is 1. The van der Waals surface area contributed by atoms with Crippen LogP contribution in [-0.2, 0) is 11.2 Å². The highest BCUT2D eigenvalue weighted by Crippen LogP contribution is 2.47. The molecule has 1 fully saturated rings. The maximum absolute atomic E-state index is 11.8. The van der Waals surface area contributed by atoms with Crippen molar-refractivity contribution < 1.29 is 9.21 Å². The van der Waals surface area contributed by atoms with E-state index in [-0.39, 0.29) is 17.0 Å². The second-order valence-electron chi connectivity index (χ2n) is 5.59. The zero-order valence-corrected chi connectivity index (χ0v) is 11.9. The fourth-order valence-electron chi connectivity index (χ4n) is 2.41. The highest BCUT2D eigenvalue weighted by Gasteiger charge is 2.36. The highest BCUT2D eigenvalue weighted by atomic mass is 16.3. The first-order chi connectivity index (χ1) is 10.1. The smallest absolute Gasteiger partial charge is 0.224 e. The molecule has 0 bridgehead atoms. The number of hydrogen-bond acceptors (Lipinski definition) is 3. The first-order valence-electron chi connectivity index (χ1n) is 7.19. The molecule has 5 nitrogen and oxygen atoms in total. The van der Waals surface area contributed by atoms with Gasteiger partial charge >= 0.3 is 0 Å². The Kier molecular flexibility index (Phi) is 3.64. The topological polar surface area (TPSA) is 75.1 Å². The van der Waals surface area contributed by atoms with Crippen molar-refractivity contribution >= 4 is 11.6 Å². The maximum atomic E-state index is 11.8. The molecule has 2 atom stereocenters. The van der Waals surface area contributed by atoms with E-state index in [1.807, 2.05) is 12.1 Å². The summed E-state index contributed by atoms with van der Waals surface area (Å²) < 4.78 is 5.75. The minimum absolute atomic E-state index is 0.190. The number of furan rings is 1. The Hall–Kier alpha value is -2.30. The molecular weight excluding hydrogens is 268 g/mol. The zero-order valence-electron chi connectivity index (χ0n) is 11.9. The maximum Gasteiger partial charge on any atom is 0.224 e. The summed E-state index contributed by atoms with van der Waals surface area (Å²) in [6.45, 7) is 2.21. The molecule has 110 valence electrons. The number of carbonyl (C=O) groups is 1. The summed E-state index contributed by atoms with van der Waals surface area (Å²) in [4.78, 5) is 26.1. The molecular formula is C16H18N2O3. The van der Waals surface area contributed by atoms with Crippen LogP contribution in [-0.4, -0.2) is 10.9 Å². The first-order valence-corrected chi connectivity index (χ1v) is 7.19. The zero-order chi connectivity index (χ0) is 14.8. The predicted octanol–water partition coefficient (Wildman–Crippen LogP) is 2.66. The van der Waals surface area contributed by atoms with Crippen molar-refractivity contribution in [1.29, 1.82) is 0 Å². The second kappa shape index (κ2) is 5.60. The van der Waals surface area contributed by atoms with Gasteiger partial charge in [-0.15, -0.1) is 0 Å². The van der Waals surface area contributed by atoms with E-state index in [4.69, 9.17) is 4.42 Å². The Morgan fingerprint density at radius 2 is 2.24 bits per heavy atom. The Morgan fingerprint density at radius 3 is 2.95 bits per heavy atom. The van der Waals surface area contributed by atoms with Crippen molar-refractivity contribution in [3.8, 4) is 0 Å². The van der Waals surface area contributed by atoms with E-state index in [2.05, 4.69) is 17.2 Å². The summed E-state index contributed by atoms with van der Waals surface area (Å²) in [5, 5.41) is 2.61. The van der Waals surface area contributed by atoms with Gasteiger partial charge in [-0.1, -0.05) is 6.92 Å². The van der Waals surface area contributed by atoms with Crippen molar-refractivity contribution in [2.45, 2.75) is 32.1 Å². The number of carbonyl (C=O) groups excluding carboxylic acids is 1. The van der Waals surface area contributed by atoms with Crippen LogP contribution >= 0.6 is 0 Å². The molecule has 0 saturated heterocycles. The second-order valence-corrected chi connectivity index (χ2v) is 5.59. The molecule has 1 aliphatic carbocycles. The molecule has 1 aliphatic rings. The van der Waals surface area contributed by atoms with E-state index in [1.165, 1.54) is 24.9 Å². The minimum Gasteiger partial charge on any atom is -0.466 e. The Labute approximate surface area is 122 Å².